The van der Waals surface area contributed by atoms with Crippen molar-refractivity contribution in [3.63, 3.8) is 0 Å². The Morgan fingerprint density at radius 1 is 1.85 bits per heavy atom. The quantitative estimate of drug-likeness (QED) is 0.650. The molecule has 0 fully saturated rings. The highest BCUT2D eigenvalue weighted by Gasteiger charge is 2.14. The molecule has 13 heavy (non-hydrogen) atoms. The summed E-state index contributed by atoms with van der Waals surface area (Å²) in [5, 5.41) is 3.79. The normalized spacial score (nSPS) is 11.4. The molecular weight excluding hydrogens is 258 g/mol. The van der Waals surface area contributed by atoms with Gasteiger partial charge < -0.3 is 10.6 Å². The zero-order valence-corrected chi connectivity index (χ0v) is 8.98. The summed E-state index contributed by atoms with van der Waals surface area (Å²) < 4.78 is 0.629. The van der Waals surface area contributed by atoms with E-state index in [-0.39, 0.29) is 5.71 Å². The van der Waals surface area contributed by atoms with Crippen molar-refractivity contribution in [1.29, 1.82) is 0 Å². The van der Waals surface area contributed by atoms with Crippen LogP contribution in [0, 0.1) is 0 Å². The smallest absolute Gasteiger partial charge is 0.259 e. The Bertz CT molecular complexity index is 350. The lowest BCUT2D eigenvalue weighted by atomic mass is 10.3. The molecule has 5 nitrogen and oxygen atoms in total. The summed E-state index contributed by atoms with van der Waals surface area (Å²) >= 11 is 4.40. The summed E-state index contributed by atoms with van der Waals surface area (Å²) in [7, 11) is 1.33. The van der Waals surface area contributed by atoms with Gasteiger partial charge in [-0.2, -0.15) is 0 Å². The van der Waals surface area contributed by atoms with Crippen LogP contribution in [-0.2, 0) is 9.63 Å². The van der Waals surface area contributed by atoms with Crippen molar-refractivity contribution in [1.82, 2.24) is 4.98 Å². The van der Waals surface area contributed by atoms with E-state index in [1.165, 1.54) is 18.4 Å². The fraction of sp³-hybridized carbons (Fsp3) is 0.167. The maximum atomic E-state index is 10.4. The summed E-state index contributed by atoms with van der Waals surface area (Å²) in [5.41, 5.74) is 5.75. The van der Waals surface area contributed by atoms with E-state index in [1.54, 1.807) is 6.29 Å². The number of oxime groups is 1. The molecule has 0 aliphatic heterocycles. The molecule has 1 radical (unpaired) electrons. The Labute approximate surface area is 86.7 Å². The first-order valence-electron chi connectivity index (χ1n) is 3.10. The van der Waals surface area contributed by atoms with Gasteiger partial charge in [0.25, 0.3) is 6.29 Å². The van der Waals surface area contributed by atoms with Gasteiger partial charge in [-0.15, -0.1) is 0 Å². The van der Waals surface area contributed by atoms with Crippen molar-refractivity contribution >= 4 is 44.4 Å². The number of nitrogen functional groups attached to an aromatic ring is 1. The van der Waals surface area contributed by atoms with Crippen LogP contribution in [0.2, 0.25) is 0 Å². The predicted octanol–water partition coefficient (Wildman–Crippen LogP) is 0.948. The molecule has 7 heteroatoms. The Hall–Kier alpha value is -0.950. The Morgan fingerprint density at radius 2 is 2.54 bits per heavy atom. The molecule has 0 atom stereocenters. The maximum Gasteiger partial charge on any atom is 0.259 e. The van der Waals surface area contributed by atoms with E-state index in [0.717, 1.165) is 0 Å². The van der Waals surface area contributed by atoms with Gasteiger partial charge in [-0.1, -0.05) is 16.5 Å². The molecule has 1 heterocycles. The second kappa shape index (κ2) is 4.33. The van der Waals surface area contributed by atoms with Crippen LogP contribution in [0.3, 0.4) is 0 Å². The Kier molecular flexibility index (Phi) is 3.38. The first kappa shape index (κ1) is 10.1. The molecule has 0 aromatic carbocycles. The molecule has 0 saturated heterocycles. The first-order chi connectivity index (χ1) is 6.19. The van der Waals surface area contributed by atoms with Gasteiger partial charge in [0.15, 0.2) is 10.8 Å². The topological polar surface area (TPSA) is 77.6 Å². The molecule has 0 bridgehead atoms. The molecule has 0 spiro atoms. The van der Waals surface area contributed by atoms with Gasteiger partial charge in [-0.3, -0.25) is 4.79 Å². The van der Waals surface area contributed by atoms with Crippen LogP contribution in [0.15, 0.2) is 8.94 Å². The zero-order valence-electron chi connectivity index (χ0n) is 6.57. The number of aromatic nitrogens is 1. The molecule has 1 rings (SSSR count). The number of thiazole rings is 1. The fourth-order valence-corrected chi connectivity index (χ4v) is 2.00. The lowest BCUT2D eigenvalue weighted by Gasteiger charge is -1.91. The molecule has 0 aliphatic rings. The Balaban J connectivity index is 3.11. The van der Waals surface area contributed by atoms with Gasteiger partial charge in [0.2, 0.25) is 0 Å². The monoisotopic (exact) mass is 262 g/mol. The van der Waals surface area contributed by atoms with Crippen LogP contribution in [0.25, 0.3) is 0 Å². The largest absolute Gasteiger partial charge is 0.398 e. The van der Waals surface area contributed by atoms with Crippen molar-refractivity contribution in [2.45, 2.75) is 0 Å². The lowest BCUT2D eigenvalue weighted by Crippen LogP contribution is -2.04. The number of hydrogen-bond acceptors (Lipinski definition) is 6. The highest BCUT2D eigenvalue weighted by Crippen LogP contribution is 2.26. The number of nitrogens with zero attached hydrogens (tertiary/aromatic N) is 2. The van der Waals surface area contributed by atoms with E-state index in [2.05, 4.69) is 30.9 Å². The molecular formula is C6H5BrN3O2S. The van der Waals surface area contributed by atoms with Crippen molar-refractivity contribution in [3.8, 4) is 0 Å². The third kappa shape index (κ3) is 2.25. The van der Waals surface area contributed by atoms with E-state index in [9.17, 15) is 4.79 Å². The van der Waals surface area contributed by atoms with Crippen molar-refractivity contribution in [3.05, 3.63) is 9.48 Å². The summed E-state index contributed by atoms with van der Waals surface area (Å²) in [5.74, 6) is 0. The van der Waals surface area contributed by atoms with Crippen LogP contribution in [-0.4, -0.2) is 24.1 Å². The number of hydrogen-bond donors (Lipinski definition) is 1. The SMILES string of the molecule is CO/N=C(\[C]=O)c1nc(N)sc1Br. The Morgan fingerprint density at radius 3 is 2.92 bits per heavy atom. The average Bonchev–Trinajstić information content (AvgIpc) is 2.41. The van der Waals surface area contributed by atoms with E-state index < -0.39 is 0 Å². The number of carbonyl (C=O) groups excluding carboxylic acids is 1. The van der Waals surface area contributed by atoms with Crippen LogP contribution < -0.4 is 5.73 Å². The third-order valence-electron chi connectivity index (χ3n) is 1.11. The maximum absolute atomic E-state index is 10.4. The summed E-state index contributed by atoms with van der Waals surface area (Å²) in [6, 6.07) is 0. The molecule has 2 N–H and O–H groups in total. The summed E-state index contributed by atoms with van der Waals surface area (Å²) in [6.07, 6.45) is 1.61. The molecule has 0 aliphatic carbocycles. The fourth-order valence-electron chi connectivity index (χ4n) is 0.665. The molecule has 0 amide bonds. The van der Waals surface area contributed by atoms with Crippen LogP contribution in [0.1, 0.15) is 5.69 Å². The van der Waals surface area contributed by atoms with Crippen LogP contribution >= 0.6 is 27.3 Å². The second-order valence-corrected chi connectivity index (χ2v) is 4.25. The van der Waals surface area contributed by atoms with Crippen molar-refractivity contribution < 1.29 is 9.63 Å². The molecule has 0 unspecified atom stereocenters. The predicted molar refractivity (Wildman–Crippen MR) is 53.5 cm³/mol. The number of halogens is 1. The van der Waals surface area contributed by atoms with E-state index >= 15 is 0 Å². The molecule has 1 aromatic rings. The van der Waals surface area contributed by atoms with Gasteiger partial charge in [0, 0.05) is 0 Å². The van der Waals surface area contributed by atoms with E-state index in [0.29, 0.717) is 14.6 Å². The van der Waals surface area contributed by atoms with Crippen molar-refractivity contribution in [2.24, 2.45) is 5.16 Å². The standard InChI is InChI=1S/C6H5BrN3O2S/c1-12-10-3(2-11)4-5(7)13-6(8)9-4/h1H3,(H2,8,9)/b10-3+. The number of anilines is 1. The van der Waals surface area contributed by atoms with Gasteiger partial charge >= 0.3 is 0 Å². The van der Waals surface area contributed by atoms with Gasteiger partial charge in [-0.05, 0) is 15.9 Å². The second-order valence-electron chi connectivity index (χ2n) is 1.90. The highest BCUT2D eigenvalue weighted by molar-refractivity contribution is 9.11. The summed E-state index contributed by atoms with van der Waals surface area (Å²) in [6.45, 7) is 0. The first-order valence-corrected chi connectivity index (χ1v) is 4.71. The highest BCUT2D eigenvalue weighted by atomic mass is 79.9. The minimum atomic E-state index is -0.0117. The van der Waals surface area contributed by atoms with Crippen LogP contribution in [0.4, 0.5) is 5.13 Å². The van der Waals surface area contributed by atoms with Gasteiger partial charge in [0.05, 0.1) is 0 Å². The number of rotatable bonds is 3. The minimum absolute atomic E-state index is 0.0117. The van der Waals surface area contributed by atoms with Crippen LogP contribution in [0.5, 0.6) is 0 Å². The van der Waals surface area contributed by atoms with Gasteiger partial charge in [0.1, 0.15) is 16.6 Å². The lowest BCUT2D eigenvalue weighted by molar-refractivity contribution is 0.214. The summed E-state index contributed by atoms with van der Waals surface area (Å²) in [4.78, 5) is 18.7. The van der Waals surface area contributed by atoms with E-state index in [1.807, 2.05) is 0 Å². The molecule has 69 valence electrons. The third-order valence-corrected chi connectivity index (χ3v) is 2.64. The molecule has 0 saturated carbocycles. The number of nitrogens with two attached hydrogens (primary N) is 1. The average molecular weight is 263 g/mol. The van der Waals surface area contributed by atoms with Gasteiger partial charge in [-0.25, -0.2) is 4.98 Å². The molecule has 1 aromatic heterocycles. The van der Waals surface area contributed by atoms with Crippen molar-refractivity contribution in [2.75, 3.05) is 12.8 Å². The minimum Gasteiger partial charge on any atom is -0.398 e. The van der Waals surface area contributed by atoms with E-state index in [4.69, 9.17) is 5.73 Å². The zero-order chi connectivity index (χ0) is 9.84.